The lowest BCUT2D eigenvalue weighted by Crippen LogP contribution is -2.41. The highest BCUT2D eigenvalue weighted by atomic mass is 16.6. The van der Waals surface area contributed by atoms with Crippen LogP contribution < -0.4 is 16.6 Å². The number of nitro groups is 1. The van der Waals surface area contributed by atoms with Crippen molar-refractivity contribution in [3.8, 4) is 0 Å². The molecule has 0 spiro atoms. The number of nitrogens with one attached hydrogen (secondary N) is 2. The van der Waals surface area contributed by atoms with Crippen LogP contribution in [-0.2, 0) is 4.74 Å². The lowest BCUT2D eigenvalue weighted by molar-refractivity contribution is -0.384. The zero-order chi connectivity index (χ0) is 14.0. The van der Waals surface area contributed by atoms with E-state index in [0.29, 0.717) is 6.61 Å². The minimum Gasteiger partial charge on any atom is -0.376 e. The fraction of sp³-hybridized carbons (Fsp3) is 0.600. The molecule has 2 atom stereocenters. The molecule has 0 saturated carbocycles. The molecule has 19 heavy (non-hydrogen) atoms. The highest BCUT2D eigenvalue weighted by molar-refractivity contribution is 5.58. The molecule has 1 aromatic rings. The van der Waals surface area contributed by atoms with Crippen LogP contribution in [0.3, 0.4) is 0 Å². The van der Waals surface area contributed by atoms with Gasteiger partial charge in [-0.2, -0.15) is 4.98 Å². The summed E-state index contributed by atoms with van der Waals surface area (Å²) in [5.41, 5.74) is 1.66. The molecule has 2 unspecified atom stereocenters. The molecule has 1 aliphatic rings. The molecule has 2 rings (SSSR count). The Hall–Kier alpha value is -2.00. The van der Waals surface area contributed by atoms with E-state index in [1.807, 2.05) is 13.8 Å². The molecule has 9 nitrogen and oxygen atoms in total. The maximum atomic E-state index is 11.0. The molecule has 104 valence electrons. The third-order valence-corrected chi connectivity index (χ3v) is 3.39. The van der Waals surface area contributed by atoms with Gasteiger partial charge in [0.05, 0.1) is 16.6 Å². The molecule has 0 radical (unpaired) electrons. The van der Waals surface area contributed by atoms with E-state index in [0.717, 1.165) is 12.6 Å². The number of nitrogens with two attached hydrogens (primary N) is 1. The number of anilines is 2. The fourth-order valence-corrected chi connectivity index (χ4v) is 1.94. The predicted molar refractivity (Wildman–Crippen MR) is 68.6 cm³/mol. The van der Waals surface area contributed by atoms with Crippen LogP contribution in [0, 0.1) is 10.1 Å². The summed E-state index contributed by atoms with van der Waals surface area (Å²) in [5.74, 6) is 5.46. The summed E-state index contributed by atoms with van der Waals surface area (Å²) >= 11 is 0. The van der Waals surface area contributed by atoms with Crippen LogP contribution in [0.1, 0.15) is 20.3 Å². The standard InChI is InChI=1S/C10H16N6O3/c1-6-10(2,3-4-19-6)14-8-7(16(17)18)5-12-9(13-8)15-11/h5-6H,3-4,11H2,1-2H3,(H2,12,13,14,15). The monoisotopic (exact) mass is 268 g/mol. The van der Waals surface area contributed by atoms with Crippen molar-refractivity contribution in [2.45, 2.75) is 31.9 Å². The smallest absolute Gasteiger partial charge is 0.329 e. The molecular formula is C10H16N6O3. The largest absolute Gasteiger partial charge is 0.376 e. The molecule has 0 aliphatic carbocycles. The van der Waals surface area contributed by atoms with E-state index in [-0.39, 0.29) is 23.6 Å². The predicted octanol–water partition coefficient (Wildman–Crippen LogP) is 0.650. The van der Waals surface area contributed by atoms with Gasteiger partial charge in [-0.25, -0.2) is 10.8 Å². The van der Waals surface area contributed by atoms with Crippen molar-refractivity contribution in [3.05, 3.63) is 16.3 Å². The van der Waals surface area contributed by atoms with Gasteiger partial charge in [0, 0.05) is 6.61 Å². The van der Waals surface area contributed by atoms with Crippen molar-refractivity contribution < 1.29 is 9.66 Å². The molecule has 1 aliphatic heterocycles. The SMILES string of the molecule is CC1OCCC1(C)Nc1nc(NN)ncc1[N+](=O)[O-]. The topological polar surface area (TPSA) is 128 Å². The highest BCUT2D eigenvalue weighted by Gasteiger charge is 2.38. The van der Waals surface area contributed by atoms with Crippen LogP contribution in [0.4, 0.5) is 17.5 Å². The number of rotatable bonds is 4. The van der Waals surface area contributed by atoms with Gasteiger partial charge in [-0.1, -0.05) is 0 Å². The first-order chi connectivity index (χ1) is 8.96. The molecule has 2 heterocycles. The average Bonchev–Trinajstić information content (AvgIpc) is 2.68. The average molecular weight is 268 g/mol. The number of nitrogen functional groups attached to an aromatic ring is 1. The summed E-state index contributed by atoms with van der Waals surface area (Å²) in [4.78, 5) is 18.2. The maximum absolute atomic E-state index is 11.0. The maximum Gasteiger partial charge on any atom is 0.329 e. The summed E-state index contributed by atoms with van der Waals surface area (Å²) in [6, 6.07) is 0. The molecule has 1 saturated heterocycles. The van der Waals surface area contributed by atoms with E-state index in [1.54, 1.807) is 0 Å². The first kappa shape index (κ1) is 13.4. The summed E-state index contributed by atoms with van der Waals surface area (Å²) in [5, 5.41) is 14.1. The molecule has 1 aromatic heterocycles. The van der Waals surface area contributed by atoms with Crippen LogP contribution in [0.25, 0.3) is 0 Å². The van der Waals surface area contributed by atoms with E-state index in [9.17, 15) is 10.1 Å². The van der Waals surface area contributed by atoms with Gasteiger partial charge in [0.15, 0.2) is 0 Å². The van der Waals surface area contributed by atoms with Gasteiger partial charge >= 0.3 is 5.69 Å². The minimum atomic E-state index is -0.535. The molecule has 1 fully saturated rings. The minimum absolute atomic E-state index is 0.0728. The van der Waals surface area contributed by atoms with E-state index < -0.39 is 10.5 Å². The first-order valence-corrected chi connectivity index (χ1v) is 5.84. The third kappa shape index (κ3) is 2.56. The molecule has 0 amide bonds. The number of aromatic nitrogens is 2. The van der Waals surface area contributed by atoms with Gasteiger partial charge in [0.1, 0.15) is 6.20 Å². The van der Waals surface area contributed by atoms with Crippen LogP contribution in [0.5, 0.6) is 0 Å². The van der Waals surface area contributed by atoms with Crippen LogP contribution >= 0.6 is 0 Å². The molecule has 0 aromatic carbocycles. The van der Waals surface area contributed by atoms with Crippen LogP contribution in [-0.4, -0.2) is 33.1 Å². The number of hydrogen-bond donors (Lipinski definition) is 3. The van der Waals surface area contributed by atoms with E-state index >= 15 is 0 Å². The second-order valence-corrected chi connectivity index (χ2v) is 4.63. The van der Waals surface area contributed by atoms with Gasteiger partial charge in [-0.05, 0) is 20.3 Å². The Morgan fingerprint density at radius 1 is 1.68 bits per heavy atom. The summed E-state index contributed by atoms with van der Waals surface area (Å²) in [6.07, 6.45) is 1.78. The normalized spacial score (nSPS) is 26.2. The van der Waals surface area contributed by atoms with Gasteiger partial charge < -0.3 is 10.1 Å². The third-order valence-electron chi connectivity index (χ3n) is 3.39. The van der Waals surface area contributed by atoms with Gasteiger partial charge in [-0.15, -0.1) is 0 Å². The Morgan fingerprint density at radius 2 is 2.42 bits per heavy atom. The Morgan fingerprint density at radius 3 is 2.95 bits per heavy atom. The molecule has 0 bridgehead atoms. The molecular weight excluding hydrogens is 252 g/mol. The van der Waals surface area contributed by atoms with Gasteiger partial charge in [0.25, 0.3) is 0 Å². The van der Waals surface area contributed by atoms with Gasteiger partial charge in [0.2, 0.25) is 11.8 Å². The number of hydrazine groups is 1. The first-order valence-electron chi connectivity index (χ1n) is 5.84. The second kappa shape index (κ2) is 4.94. The zero-order valence-electron chi connectivity index (χ0n) is 10.7. The summed E-state index contributed by atoms with van der Waals surface area (Å²) in [6.45, 7) is 4.45. The van der Waals surface area contributed by atoms with Gasteiger partial charge in [-0.3, -0.25) is 15.5 Å². The van der Waals surface area contributed by atoms with Crippen molar-refractivity contribution in [1.29, 1.82) is 0 Å². The van der Waals surface area contributed by atoms with E-state index in [2.05, 4.69) is 20.7 Å². The number of nitrogens with zero attached hydrogens (tertiary/aromatic N) is 3. The van der Waals surface area contributed by atoms with Crippen molar-refractivity contribution in [1.82, 2.24) is 9.97 Å². The fourth-order valence-electron chi connectivity index (χ4n) is 1.94. The second-order valence-electron chi connectivity index (χ2n) is 4.63. The quantitative estimate of drug-likeness (QED) is 0.412. The summed E-state index contributed by atoms with van der Waals surface area (Å²) < 4.78 is 5.48. The van der Waals surface area contributed by atoms with Crippen molar-refractivity contribution in [3.63, 3.8) is 0 Å². The van der Waals surface area contributed by atoms with E-state index in [4.69, 9.17) is 10.6 Å². The van der Waals surface area contributed by atoms with Crippen molar-refractivity contribution in [2.75, 3.05) is 17.3 Å². The van der Waals surface area contributed by atoms with Crippen LogP contribution in [0.2, 0.25) is 0 Å². The van der Waals surface area contributed by atoms with Crippen molar-refractivity contribution >= 4 is 17.5 Å². The van der Waals surface area contributed by atoms with E-state index in [1.165, 1.54) is 0 Å². The van der Waals surface area contributed by atoms with Crippen LogP contribution in [0.15, 0.2) is 6.20 Å². The zero-order valence-corrected chi connectivity index (χ0v) is 10.7. The number of ether oxygens (including phenoxy) is 1. The molecule has 4 N–H and O–H groups in total. The Labute approximate surface area is 109 Å². The lowest BCUT2D eigenvalue weighted by Gasteiger charge is -2.29. The molecule has 9 heteroatoms. The summed E-state index contributed by atoms with van der Waals surface area (Å²) in [7, 11) is 0. The Balaban J connectivity index is 2.34. The van der Waals surface area contributed by atoms with Crippen molar-refractivity contribution in [2.24, 2.45) is 5.84 Å². The highest BCUT2D eigenvalue weighted by Crippen LogP contribution is 2.32. The Bertz CT molecular complexity index is 496. The number of hydrogen-bond acceptors (Lipinski definition) is 8. The lowest BCUT2D eigenvalue weighted by atomic mass is 9.95. The Kier molecular flexibility index (Phi) is 3.49.